The van der Waals surface area contributed by atoms with E-state index in [4.69, 9.17) is 4.74 Å². The monoisotopic (exact) mass is 310 g/mol. The van der Waals surface area contributed by atoms with Crippen LogP contribution in [0, 0.1) is 0 Å². The number of nitrogens with one attached hydrogen (secondary N) is 1. The lowest BCUT2D eigenvalue weighted by atomic mass is 10.1. The first-order valence-corrected chi connectivity index (χ1v) is 7.86. The molecule has 0 atom stereocenters. The lowest BCUT2D eigenvalue weighted by Gasteiger charge is -2.04. The third kappa shape index (κ3) is 6.34. The van der Waals surface area contributed by atoms with Crippen LogP contribution in [0.2, 0.25) is 0 Å². The van der Waals surface area contributed by atoms with Crippen molar-refractivity contribution in [3.63, 3.8) is 0 Å². The molecule has 0 aliphatic carbocycles. The Morgan fingerprint density at radius 2 is 1.87 bits per heavy atom. The number of benzene rings is 2. The van der Waals surface area contributed by atoms with E-state index >= 15 is 0 Å². The second-order valence-corrected chi connectivity index (χ2v) is 5.20. The Bertz CT molecular complexity index is 622. The number of amides is 1. The normalized spacial score (nSPS) is 10.7. The zero-order valence-electron chi connectivity index (χ0n) is 13.4. The zero-order chi connectivity index (χ0) is 16.3. The molecule has 0 aliphatic rings. The minimum absolute atomic E-state index is 0.0898. The highest BCUT2D eigenvalue weighted by Crippen LogP contribution is 2.11. The highest BCUT2D eigenvalue weighted by Gasteiger charge is 2.00. The molecule has 0 spiro atoms. The van der Waals surface area contributed by atoms with Gasteiger partial charge in [0.1, 0.15) is 5.75 Å². The van der Waals surface area contributed by atoms with Gasteiger partial charge >= 0.3 is 0 Å². The van der Waals surface area contributed by atoms with E-state index < -0.39 is 0 Å². The Morgan fingerprint density at radius 1 is 1.13 bits per heavy atom. The Hall–Kier alpha value is -2.62. The molecule has 2 aromatic carbocycles. The van der Waals surface area contributed by atoms with E-state index in [1.807, 2.05) is 54.6 Å². The number of carbonyl (C=O) groups excluding carboxylic acids is 1. The molecule has 0 unspecified atom stereocenters. The number of nitrogens with zero attached hydrogens (tertiary/aromatic N) is 1. The summed E-state index contributed by atoms with van der Waals surface area (Å²) in [5, 5.41) is 3.98. The van der Waals surface area contributed by atoms with E-state index in [-0.39, 0.29) is 5.91 Å². The first kappa shape index (κ1) is 16.7. The highest BCUT2D eigenvalue weighted by atomic mass is 16.5. The van der Waals surface area contributed by atoms with Gasteiger partial charge in [0.15, 0.2) is 0 Å². The van der Waals surface area contributed by atoms with Crippen LogP contribution in [0.5, 0.6) is 5.75 Å². The predicted octanol–water partition coefficient (Wildman–Crippen LogP) is 3.56. The van der Waals surface area contributed by atoms with Crippen molar-refractivity contribution >= 4 is 12.1 Å². The van der Waals surface area contributed by atoms with Gasteiger partial charge in [-0.15, -0.1) is 0 Å². The van der Waals surface area contributed by atoms with Crippen molar-refractivity contribution in [3.8, 4) is 5.75 Å². The molecule has 2 rings (SSSR count). The minimum Gasteiger partial charge on any atom is -0.494 e. The van der Waals surface area contributed by atoms with Gasteiger partial charge in [0.05, 0.1) is 12.8 Å². The number of carbonyl (C=O) groups is 1. The van der Waals surface area contributed by atoms with Crippen molar-refractivity contribution in [2.24, 2.45) is 5.10 Å². The van der Waals surface area contributed by atoms with Crippen molar-refractivity contribution in [2.75, 3.05) is 6.61 Å². The van der Waals surface area contributed by atoms with Crippen LogP contribution < -0.4 is 10.2 Å². The average molecular weight is 310 g/mol. The SMILES string of the molecule is CCCOc1ccc(/C=N\NC(=O)CCc2ccccc2)cc1. The second kappa shape index (κ2) is 9.41. The van der Waals surface area contributed by atoms with Gasteiger partial charge in [-0.25, -0.2) is 5.43 Å². The minimum atomic E-state index is -0.0898. The summed E-state index contributed by atoms with van der Waals surface area (Å²) in [6, 6.07) is 17.5. The molecule has 0 saturated carbocycles. The summed E-state index contributed by atoms with van der Waals surface area (Å²) in [6.07, 6.45) is 3.75. The lowest BCUT2D eigenvalue weighted by molar-refractivity contribution is -0.121. The van der Waals surface area contributed by atoms with Crippen molar-refractivity contribution < 1.29 is 9.53 Å². The smallest absolute Gasteiger partial charge is 0.240 e. The summed E-state index contributed by atoms with van der Waals surface area (Å²) in [7, 11) is 0. The maximum atomic E-state index is 11.7. The Labute approximate surface area is 137 Å². The number of aryl methyl sites for hydroxylation is 1. The van der Waals surface area contributed by atoms with Crippen molar-refractivity contribution in [2.45, 2.75) is 26.2 Å². The van der Waals surface area contributed by atoms with Crippen LogP contribution in [0.1, 0.15) is 30.9 Å². The lowest BCUT2D eigenvalue weighted by Crippen LogP contribution is -2.17. The third-order valence-corrected chi connectivity index (χ3v) is 3.24. The molecule has 1 N–H and O–H groups in total. The summed E-state index contributed by atoms with van der Waals surface area (Å²) < 4.78 is 5.51. The van der Waals surface area contributed by atoms with Crippen LogP contribution in [0.4, 0.5) is 0 Å². The predicted molar refractivity (Wildman–Crippen MR) is 92.7 cm³/mol. The molecule has 4 heteroatoms. The molecule has 4 nitrogen and oxygen atoms in total. The second-order valence-electron chi connectivity index (χ2n) is 5.20. The molecular weight excluding hydrogens is 288 g/mol. The fourth-order valence-electron chi connectivity index (χ4n) is 2.01. The fourth-order valence-corrected chi connectivity index (χ4v) is 2.01. The molecule has 120 valence electrons. The maximum absolute atomic E-state index is 11.7. The number of hydrazone groups is 1. The van der Waals surface area contributed by atoms with E-state index in [1.165, 1.54) is 0 Å². The standard InChI is InChI=1S/C19H22N2O2/c1-2-14-23-18-11-8-17(9-12-18)15-20-21-19(22)13-10-16-6-4-3-5-7-16/h3-9,11-12,15H,2,10,13-14H2,1H3,(H,21,22)/b20-15-. The molecule has 0 saturated heterocycles. The van der Waals surface area contributed by atoms with E-state index in [9.17, 15) is 4.79 Å². The first-order chi connectivity index (χ1) is 11.3. The largest absolute Gasteiger partial charge is 0.494 e. The van der Waals surface area contributed by atoms with Gasteiger partial charge < -0.3 is 4.74 Å². The third-order valence-electron chi connectivity index (χ3n) is 3.24. The number of ether oxygens (including phenoxy) is 1. The Balaban J connectivity index is 1.74. The molecule has 2 aromatic rings. The molecule has 0 aliphatic heterocycles. The van der Waals surface area contributed by atoms with E-state index in [0.29, 0.717) is 19.4 Å². The molecule has 23 heavy (non-hydrogen) atoms. The van der Waals surface area contributed by atoms with Gasteiger partial charge in [-0.1, -0.05) is 37.3 Å². The molecule has 0 fully saturated rings. The van der Waals surface area contributed by atoms with Crippen LogP contribution in [-0.4, -0.2) is 18.7 Å². The van der Waals surface area contributed by atoms with Crippen LogP contribution in [0.25, 0.3) is 0 Å². The maximum Gasteiger partial charge on any atom is 0.240 e. The number of hydrogen-bond donors (Lipinski definition) is 1. The summed E-state index contributed by atoms with van der Waals surface area (Å²) in [6.45, 7) is 2.78. The van der Waals surface area contributed by atoms with Gasteiger partial charge in [-0.2, -0.15) is 5.10 Å². The van der Waals surface area contributed by atoms with Crippen LogP contribution in [0.15, 0.2) is 59.7 Å². The Kier molecular flexibility index (Phi) is 6.85. The number of hydrogen-bond acceptors (Lipinski definition) is 3. The molecule has 0 heterocycles. The molecule has 1 amide bonds. The van der Waals surface area contributed by atoms with Crippen LogP contribution in [-0.2, 0) is 11.2 Å². The van der Waals surface area contributed by atoms with Crippen molar-refractivity contribution in [3.05, 3.63) is 65.7 Å². The Morgan fingerprint density at radius 3 is 2.57 bits per heavy atom. The highest BCUT2D eigenvalue weighted by molar-refractivity contribution is 5.82. The molecule has 0 aromatic heterocycles. The van der Waals surface area contributed by atoms with Crippen molar-refractivity contribution in [1.82, 2.24) is 5.43 Å². The summed E-state index contributed by atoms with van der Waals surface area (Å²) in [4.78, 5) is 11.7. The van der Waals surface area contributed by atoms with E-state index in [1.54, 1.807) is 6.21 Å². The molecular formula is C19H22N2O2. The summed E-state index contributed by atoms with van der Waals surface area (Å²) in [5.41, 5.74) is 4.61. The van der Waals surface area contributed by atoms with Crippen LogP contribution in [0.3, 0.4) is 0 Å². The molecule has 0 bridgehead atoms. The first-order valence-electron chi connectivity index (χ1n) is 7.86. The summed E-state index contributed by atoms with van der Waals surface area (Å²) in [5.74, 6) is 0.754. The van der Waals surface area contributed by atoms with Crippen molar-refractivity contribution in [1.29, 1.82) is 0 Å². The van der Waals surface area contributed by atoms with Gasteiger partial charge in [-0.3, -0.25) is 4.79 Å². The van der Waals surface area contributed by atoms with Gasteiger partial charge in [0.2, 0.25) is 5.91 Å². The topological polar surface area (TPSA) is 50.7 Å². The average Bonchev–Trinajstić information content (AvgIpc) is 2.60. The van der Waals surface area contributed by atoms with E-state index in [0.717, 1.165) is 23.3 Å². The van der Waals surface area contributed by atoms with Crippen LogP contribution >= 0.6 is 0 Å². The van der Waals surface area contributed by atoms with Gasteiger partial charge in [0.25, 0.3) is 0 Å². The quantitative estimate of drug-likeness (QED) is 0.599. The van der Waals surface area contributed by atoms with E-state index in [2.05, 4.69) is 17.5 Å². The molecule has 0 radical (unpaired) electrons. The zero-order valence-corrected chi connectivity index (χ0v) is 13.4. The van der Waals surface area contributed by atoms with Gasteiger partial charge in [0, 0.05) is 6.42 Å². The summed E-state index contributed by atoms with van der Waals surface area (Å²) >= 11 is 0. The fraction of sp³-hybridized carbons (Fsp3) is 0.263. The number of rotatable bonds is 8. The van der Waals surface area contributed by atoms with Gasteiger partial charge in [-0.05, 0) is 48.2 Å².